The third kappa shape index (κ3) is 2.61. The van der Waals surface area contributed by atoms with Crippen LogP contribution in [0.3, 0.4) is 0 Å². The maximum atomic E-state index is 13.3. The predicted molar refractivity (Wildman–Crippen MR) is 101 cm³/mol. The van der Waals surface area contributed by atoms with Gasteiger partial charge in [0, 0.05) is 23.0 Å². The molecule has 130 valence electrons. The summed E-state index contributed by atoms with van der Waals surface area (Å²) in [6.07, 6.45) is 3.14. The van der Waals surface area contributed by atoms with Crippen LogP contribution in [0.15, 0.2) is 47.1 Å². The van der Waals surface area contributed by atoms with E-state index in [0.717, 1.165) is 11.1 Å². The Balaban J connectivity index is 1.97. The fraction of sp³-hybridized carbons (Fsp3) is 0.188. The Labute approximate surface area is 153 Å². The number of hydrogen-bond acceptors (Lipinski definition) is 5. The lowest BCUT2D eigenvalue weighted by molar-refractivity contribution is 0.584. The predicted octanol–water partition coefficient (Wildman–Crippen LogP) is 4.06. The van der Waals surface area contributed by atoms with Crippen molar-refractivity contribution in [1.29, 1.82) is 0 Å². The number of fused-ring (bicyclic) bond motifs is 2. The van der Waals surface area contributed by atoms with E-state index in [1.165, 1.54) is 25.9 Å². The molecule has 0 amide bonds. The summed E-state index contributed by atoms with van der Waals surface area (Å²) in [4.78, 5) is 4.65. The van der Waals surface area contributed by atoms with Gasteiger partial charge in [0.1, 0.15) is 5.15 Å². The van der Waals surface area contributed by atoms with Gasteiger partial charge in [-0.3, -0.25) is 4.40 Å². The second-order valence-corrected chi connectivity index (χ2v) is 8.94. The Bertz CT molecular complexity index is 1190. The van der Waals surface area contributed by atoms with Crippen molar-refractivity contribution in [3.05, 3.63) is 47.2 Å². The number of nitrogens with one attached hydrogen (secondary N) is 1. The molecular formula is C16H15ClN4O2S2. The van der Waals surface area contributed by atoms with Crippen molar-refractivity contribution in [2.45, 2.75) is 24.9 Å². The fourth-order valence-electron chi connectivity index (χ4n) is 2.80. The van der Waals surface area contributed by atoms with Gasteiger partial charge in [0.15, 0.2) is 9.99 Å². The molecule has 0 spiro atoms. The summed E-state index contributed by atoms with van der Waals surface area (Å²) in [5, 5.41) is 6.15. The number of benzene rings is 1. The van der Waals surface area contributed by atoms with Crippen LogP contribution in [0.2, 0.25) is 5.15 Å². The van der Waals surface area contributed by atoms with Crippen LogP contribution in [0.1, 0.15) is 13.8 Å². The van der Waals surface area contributed by atoms with E-state index in [-0.39, 0.29) is 16.2 Å². The van der Waals surface area contributed by atoms with Gasteiger partial charge in [0.25, 0.3) is 10.0 Å². The van der Waals surface area contributed by atoms with Gasteiger partial charge in [-0.15, -0.1) is 11.3 Å². The molecule has 1 N–H and O–H groups in total. The van der Waals surface area contributed by atoms with Gasteiger partial charge in [-0.2, -0.15) is 8.42 Å². The van der Waals surface area contributed by atoms with Crippen LogP contribution in [-0.2, 0) is 10.0 Å². The highest BCUT2D eigenvalue weighted by atomic mass is 35.5. The molecule has 0 fully saturated rings. The zero-order valence-corrected chi connectivity index (χ0v) is 15.9. The van der Waals surface area contributed by atoms with E-state index in [4.69, 9.17) is 11.6 Å². The van der Waals surface area contributed by atoms with E-state index < -0.39 is 10.0 Å². The van der Waals surface area contributed by atoms with Crippen molar-refractivity contribution in [2.75, 3.05) is 5.32 Å². The molecule has 6 nitrogen and oxygen atoms in total. The van der Waals surface area contributed by atoms with Gasteiger partial charge in [-0.05, 0) is 19.9 Å². The highest BCUT2D eigenvalue weighted by Gasteiger charge is 2.25. The first-order valence-electron chi connectivity index (χ1n) is 7.62. The second kappa shape index (κ2) is 5.76. The number of thiazole rings is 1. The highest BCUT2D eigenvalue weighted by molar-refractivity contribution is 7.90. The van der Waals surface area contributed by atoms with E-state index in [2.05, 4.69) is 10.3 Å². The van der Waals surface area contributed by atoms with Crippen molar-refractivity contribution < 1.29 is 8.42 Å². The Morgan fingerprint density at radius 3 is 2.76 bits per heavy atom. The van der Waals surface area contributed by atoms with Gasteiger partial charge in [-0.25, -0.2) is 8.96 Å². The van der Waals surface area contributed by atoms with Crippen LogP contribution < -0.4 is 5.32 Å². The monoisotopic (exact) mass is 394 g/mol. The van der Waals surface area contributed by atoms with Crippen molar-refractivity contribution in [2.24, 2.45) is 0 Å². The largest absolute Gasteiger partial charge is 0.381 e. The zero-order valence-electron chi connectivity index (χ0n) is 13.5. The molecule has 0 atom stereocenters. The minimum atomic E-state index is -3.80. The quantitative estimate of drug-likeness (QED) is 0.566. The number of rotatable bonds is 4. The summed E-state index contributed by atoms with van der Waals surface area (Å²) >= 11 is 7.15. The summed E-state index contributed by atoms with van der Waals surface area (Å²) < 4.78 is 29.4. The molecule has 3 aromatic heterocycles. The minimum Gasteiger partial charge on any atom is -0.381 e. The third-order valence-electron chi connectivity index (χ3n) is 3.79. The smallest absolute Gasteiger partial charge is 0.285 e. The maximum Gasteiger partial charge on any atom is 0.285 e. The lowest BCUT2D eigenvalue weighted by atomic mass is 10.2. The summed E-state index contributed by atoms with van der Waals surface area (Å²) in [6.45, 7) is 4.02. The van der Waals surface area contributed by atoms with E-state index in [9.17, 15) is 8.42 Å². The van der Waals surface area contributed by atoms with Gasteiger partial charge >= 0.3 is 0 Å². The first-order valence-corrected chi connectivity index (χ1v) is 10.3. The number of imidazole rings is 1. The minimum absolute atomic E-state index is 0.142. The fourth-order valence-corrected chi connectivity index (χ4v) is 5.70. The van der Waals surface area contributed by atoms with Crippen LogP contribution in [0, 0.1) is 0 Å². The molecule has 0 bridgehead atoms. The number of hydrogen-bond donors (Lipinski definition) is 1. The molecule has 4 rings (SSSR count). The molecule has 3 heterocycles. The van der Waals surface area contributed by atoms with E-state index >= 15 is 0 Å². The molecule has 0 radical (unpaired) electrons. The average molecular weight is 395 g/mol. The van der Waals surface area contributed by atoms with E-state index in [1.54, 1.807) is 17.6 Å². The first-order chi connectivity index (χ1) is 11.9. The molecule has 0 saturated heterocycles. The summed E-state index contributed by atoms with van der Waals surface area (Å²) in [6, 6.07) is 7.60. The molecule has 0 aliphatic heterocycles. The molecule has 1 aromatic carbocycles. The first kappa shape index (κ1) is 16.4. The SMILES string of the molecule is CC(C)Nc1cn(S(=O)(=O)c2csc3nc(Cl)cn23)c2ccccc12. The molecule has 4 aromatic rings. The van der Waals surface area contributed by atoms with Crippen molar-refractivity contribution >= 4 is 54.5 Å². The average Bonchev–Trinajstić information content (AvgIpc) is 3.19. The third-order valence-corrected chi connectivity index (χ3v) is 6.63. The van der Waals surface area contributed by atoms with Gasteiger partial charge in [0.05, 0.1) is 17.4 Å². The lowest BCUT2D eigenvalue weighted by Crippen LogP contribution is -2.14. The summed E-state index contributed by atoms with van der Waals surface area (Å²) in [5.41, 5.74) is 1.40. The van der Waals surface area contributed by atoms with E-state index in [1.807, 2.05) is 32.0 Å². The highest BCUT2D eigenvalue weighted by Crippen LogP contribution is 2.31. The van der Waals surface area contributed by atoms with Gasteiger partial charge in [-0.1, -0.05) is 29.8 Å². The summed E-state index contributed by atoms with van der Waals surface area (Å²) in [7, 11) is -3.80. The Morgan fingerprint density at radius 1 is 1.24 bits per heavy atom. The van der Waals surface area contributed by atoms with Crippen molar-refractivity contribution in [3.8, 4) is 0 Å². The standard InChI is InChI=1S/C16H15ClN4O2S2/c1-10(2)18-12-7-21(13-6-4-3-5-11(12)13)25(22,23)15-9-24-16-19-14(17)8-20(15)16/h3-10,18H,1-2H3. The number of nitrogens with zero attached hydrogens (tertiary/aromatic N) is 3. The van der Waals surface area contributed by atoms with Gasteiger partial charge in [0.2, 0.25) is 0 Å². The van der Waals surface area contributed by atoms with E-state index in [0.29, 0.717) is 10.5 Å². The van der Waals surface area contributed by atoms with Gasteiger partial charge < -0.3 is 5.32 Å². The molecular weight excluding hydrogens is 380 g/mol. The Morgan fingerprint density at radius 2 is 2.00 bits per heavy atom. The maximum absolute atomic E-state index is 13.3. The van der Waals surface area contributed by atoms with Crippen LogP contribution in [0.25, 0.3) is 15.9 Å². The molecule has 9 heteroatoms. The Hall–Kier alpha value is -2.03. The molecule has 0 aliphatic carbocycles. The van der Waals surface area contributed by atoms with Crippen molar-refractivity contribution in [3.63, 3.8) is 0 Å². The number of anilines is 1. The van der Waals surface area contributed by atoms with Crippen LogP contribution in [0.4, 0.5) is 5.69 Å². The second-order valence-electron chi connectivity index (χ2n) is 5.95. The van der Waals surface area contributed by atoms with Crippen molar-refractivity contribution in [1.82, 2.24) is 13.4 Å². The lowest BCUT2D eigenvalue weighted by Gasteiger charge is -2.07. The number of para-hydroxylation sites is 1. The zero-order chi connectivity index (χ0) is 17.8. The topological polar surface area (TPSA) is 68.4 Å². The summed E-state index contributed by atoms with van der Waals surface area (Å²) in [5.74, 6) is 0. The molecule has 25 heavy (non-hydrogen) atoms. The Kier molecular flexibility index (Phi) is 3.78. The van der Waals surface area contributed by atoms with Crippen LogP contribution >= 0.6 is 22.9 Å². The van der Waals surface area contributed by atoms with Crippen LogP contribution in [0.5, 0.6) is 0 Å². The number of halogens is 1. The normalized spacial score (nSPS) is 12.5. The number of aromatic nitrogens is 3. The van der Waals surface area contributed by atoms with Crippen LogP contribution in [-0.4, -0.2) is 27.8 Å². The molecule has 0 unspecified atom stereocenters. The molecule has 0 aliphatic rings. The molecule has 0 saturated carbocycles.